The summed E-state index contributed by atoms with van der Waals surface area (Å²) in [6.45, 7) is 2.16. The smallest absolute Gasteiger partial charge is 0.354 e. The van der Waals surface area contributed by atoms with Crippen LogP contribution in [0.2, 0.25) is 0 Å². The van der Waals surface area contributed by atoms with Crippen molar-refractivity contribution in [3.05, 3.63) is 30.2 Å². The summed E-state index contributed by atoms with van der Waals surface area (Å²) in [7, 11) is 0. The van der Waals surface area contributed by atoms with Crippen LogP contribution in [0.3, 0.4) is 0 Å². The SMILES string of the molecule is CCOC(=O)c1cc2ccncc2[nH]1.[Sn]. The number of fused-ring (bicyclic) bond motifs is 1. The molecule has 0 spiro atoms. The number of nitrogens with one attached hydrogen (secondary N) is 1. The van der Waals surface area contributed by atoms with Crippen LogP contribution in [0.5, 0.6) is 0 Å². The Bertz CT molecular complexity index is 434. The van der Waals surface area contributed by atoms with Crippen LogP contribution in [0.15, 0.2) is 24.5 Å². The molecule has 0 fully saturated rings. The van der Waals surface area contributed by atoms with Gasteiger partial charge in [0, 0.05) is 35.5 Å². The van der Waals surface area contributed by atoms with Crippen molar-refractivity contribution in [3.8, 4) is 0 Å². The van der Waals surface area contributed by atoms with Gasteiger partial charge in [0.1, 0.15) is 5.69 Å². The number of nitrogens with zero attached hydrogens (tertiary/aromatic N) is 1. The molecule has 0 bridgehead atoms. The Hall–Kier alpha value is -1.04. The monoisotopic (exact) mass is 310 g/mol. The van der Waals surface area contributed by atoms with Gasteiger partial charge in [-0.3, -0.25) is 4.98 Å². The van der Waals surface area contributed by atoms with E-state index >= 15 is 0 Å². The Morgan fingerprint density at radius 2 is 2.40 bits per heavy atom. The van der Waals surface area contributed by atoms with Crippen LogP contribution in [0.4, 0.5) is 0 Å². The van der Waals surface area contributed by atoms with Crippen molar-refractivity contribution in [2.75, 3.05) is 6.61 Å². The van der Waals surface area contributed by atoms with E-state index in [0.29, 0.717) is 12.3 Å². The molecule has 4 radical (unpaired) electrons. The Morgan fingerprint density at radius 1 is 1.60 bits per heavy atom. The van der Waals surface area contributed by atoms with E-state index in [1.54, 1.807) is 25.4 Å². The van der Waals surface area contributed by atoms with Crippen LogP contribution in [0, 0.1) is 0 Å². The minimum atomic E-state index is -0.330. The normalized spacial score (nSPS) is 9.67. The van der Waals surface area contributed by atoms with E-state index in [2.05, 4.69) is 9.97 Å². The number of ether oxygens (including phenoxy) is 1. The Kier molecular flexibility index (Phi) is 4.14. The van der Waals surface area contributed by atoms with Gasteiger partial charge in [-0.05, 0) is 19.1 Å². The van der Waals surface area contributed by atoms with Crippen molar-refractivity contribution in [1.29, 1.82) is 0 Å². The van der Waals surface area contributed by atoms with E-state index < -0.39 is 0 Å². The summed E-state index contributed by atoms with van der Waals surface area (Å²) in [5.41, 5.74) is 1.31. The molecule has 0 saturated carbocycles. The molecule has 0 aliphatic rings. The molecule has 1 N–H and O–H groups in total. The van der Waals surface area contributed by atoms with Crippen molar-refractivity contribution in [1.82, 2.24) is 9.97 Å². The second-order valence-electron chi connectivity index (χ2n) is 2.87. The molecule has 2 heterocycles. The standard InChI is InChI=1S/C10H10N2O2.Sn/c1-2-14-10(13)8-5-7-3-4-11-6-9(7)12-8;/h3-6,12H,2H2,1H3;. The van der Waals surface area contributed by atoms with Crippen molar-refractivity contribution >= 4 is 40.8 Å². The zero-order valence-electron chi connectivity index (χ0n) is 8.28. The minimum absolute atomic E-state index is 0. The Labute approximate surface area is 104 Å². The number of carbonyl (C=O) groups excluding carboxylic acids is 1. The Balaban J connectivity index is 0.00000112. The number of rotatable bonds is 2. The fourth-order valence-electron chi connectivity index (χ4n) is 1.29. The number of esters is 1. The van der Waals surface area contributed by atoms with Crippen molar-refractivity contribution in [3.63, 3.8) is 0 Å². The van der Waals surface area contributed by atoms with Crippen LogP contribution >= 0.6 is 0 Å². The summed E-state index contributed by atoms with van der Waals surface area (Å²) in [4.78, 5) is 18.2. The molecule has 5 heteroatoms. The molecule has 2 rings (SSSR count). The third-order valence-corrected chi connectivity index (χ3v) is 1.92. The van der Waals surface area contributed by atoms with Gasteiger partial charge in [-0.15, -0.1) is 0 Å². The van der Waals surface area contributed by atoms with Gasteiger partial charge in [0.05, 0.1) is 18.3 Å². The van der Waals surface area contributed by atoms with Gasteiger partial charge in [-0.2, -0.15) is 0 Å². The second kappa shape index (κ2) is 5.16. The van der Waals surface area contributed by atoms with Crippen molar-refractivity contribution in [2.45, 2.75) is 6.92 Å². The number of carbonyl (C=O) groups is 1. The molecule has 0 atom stereocenters. The molecule has 0 amide bonds. The molecule has 0 aromatic carbocycles. The number of aromatic nitrogens is 2. The summed E-state index contributed by atoms with van der Waals surface area (Å²) >= 11 is 0. The predicted octanol–water partition coefficient (Wildman–Crippen LogP) is 1.36. The number of H-pyrrole nitrogens is 1. The molecular formula is C10H10N2O2Sn. The van der Waals surface area contributed by atoms with E-state index in [-0.39, 0.29) is 29.9 Å². The molecular weight excluding hydrogens is 299 g/mol. The third kappa shape index (κ3) is 2.50. The van der Waals surface area contributed by atoms with Gasteiger partial charge in [0.15, 0.2) is 0 Å². The zero-order valence-corrected chi connectivity index (χ0v) is 11.1. The van der Waals surface area contributed by atoms with Gasteiger partial charge >= 0.3 is 5.97 Å². The molecule has 4 nitrogen and oxygen atoms in total. The van der Waals surface area contributed by atoms with Gasteiger partial charge in [0.25, 0.3) is 0 Å². The number of hydrogen-bond donors (Lipinski definition) is 1. The summed E-state index contributed by atoms with van der Waals surface area (Å²) in [5.74, 6) is -0.330. The molecule has 2 aromatic rings. The van der Waals surface area contributed by atoms with E-state index in [1.165, 1.54) is 0 Å². The minimum Gasteiger partial charge on any atom is -0.461 e. The van der Waals surface area contributed by atoms with E-state index in [9.17, 15) is 4.79 Å². The quantitative estimate of drug-likeness (QED) is 0.673. The number of aromatic amines is 1. The average molecular weight is 309 g/mol. The molecule has 15 heavy (non-hydrogen) atoms. The first-order valence-corrected chi connectivity index (χ1v) is 4.41. The van der Waals surface area contributed by atoms with E-state index in [4.69, 9.17) is 4.74 Å². The summed E-state index contributed by atoms with van der Waals surface area (Å²) in [6, 6.07) is 3.60. The van der Waals surface area contributed by atoms with Crippen LogP contribution in [-0.4, -0.2) is 46.5 Å². The largest absolute Gasteiger partial charge is 0.461 e. The first-order chi connectivity index (χ1) is 6.81. The maximum Gasteiger partial charge on any atom is 0.354 e. The maximum absolute atomic E-state index is 11.3. The first-order valence-electron chi connectivity index (χ1n) is 4.41. The van der Waals surface area contributed by atoms with Gasteiger partial charge < -0.3 is 9.72 Å². The third-order valence-electron chi connectivity index (χ3n) is 1.92. The van der Waals surface area contributed by atoms with Crippen molar-refractivity contribution < 1.29 is 9.53 Å². The number of pyridine rings is 1. The van der Waals surface area contributed by atoms with Gasteiger partial charge in [0.2, 0.25) is 0 Å². The average Bonchev–Trinajstić information content (AvgIpc) is 2.61. The molecule has 0 aliphatic carbocycles. The first kappa shape index (κ1) is 12.0. The molecule has 2 aromatic heterocycles. The fourth-order valence-corrected chi connectivity index (χ4v) is 1.29. The maximum atomic E-state index is 11.3. The summed E-state index contributed by atoms with van der Waals surface area (Å²) < 4.78 is 4.87. The topological polar surface area (TPSA) is 55.0 Å². The summed E-state index contributed by atoms with van der Waals surface area (Å²) in [6.07, 6.45) is 3.36. The van der Waals surface area contributed by atoms with Crippen LogP contribution in [-0.2, 0) is 4.74 Å². The van der Waals surface area contributed by atoms with E-state index in [0.717, 1.165) is 10.9 Å². The van der Waals surface area contributed by atoms with Crippen LogP contribution in [0.25, 0.3) is 10.9 Å². The molecule has 0 aliphatic heterocycles. The fraction of sp³-hybridized carbons (Fsp3) is 0.200. The Morgan fingerprint density at radius 3 is 3.07 bits per heavy atom. The predicted molar refractivity (Wildman–Crippen MR) is 57.8 cm³/mol. The van der Waals surface area contributed by atoms with Crippen LogP contribution < -0.4 is 0 Å². The second-order valence-corrected chi connectivity index (χ2v) is 2.87. The summed E-state index contributed by atoms with van der Waals surface area (Å²) in [5, 5.41) is 0.961. The van der Waals surface area contributed by atoms with Crippen molar-refractivity contribution in [2.24, 2.45) is 0 Å². The molecule has 0 saturated heterocycles. The number of hydrogen-bond acceptors (Lipinski definition) is 3. The molecule has 76 valence electrons. The van der Waals surface area contributed by atoms with Gasteiger partial charge in [-0.25, -0.2) is 4.79 Å². The van der Waals surface area contributed by atoms with Crippen LogP contribution in [0.1, 0.15) is 17.4 Å². The van der Waals surface area contributed by atoms with Gasteiger partial charge in [-0.1, -0.05) is 0 Å². The zero-order chi connectivity index (χ0) is 9.97. The molecule has 0 unspecified atom stereocenters. The van der Waals surface area contributed by atoms with E-state index in [1.807, 2.05) is 6.07 Å².